The van der Waals surface area contributed by atoms with Crippen LogP contribution in [0.3, 0.4) is 0 Å². The van der Waals surface area contributed by atoms with Crippen molar-refractivity contribution in [2.24, 2.45) is 0 Å². The molecule has 0 spiro atoms. The number of fused-ring (bicyclic) bond motifs is 1. The first-order chi connectivity index (χ1) is 12.6. The lowest BCUT2D eigenvalue weighted by Crippen LogP contribution is -1.98. The summed E-state index contributed by atoms with van der Waals surface area (Å²) < 4.78 is 11.6. The molecule has 26 heavy (non-hydrogen) atoms. The zero-order valence-electron chi connectivity index (χ0n) is 14.7. The van der Waals surface area contributed by atoms with Crippen molar-refractivity contribution in [1.29, 1.82) is 0 Å². The van der Waals surface area contributed by atoms with Gasteiger partial charge in [0.2, 0.25) is 0 Å². The number of rotatable bonds is 8. The highest BCUT2D eigenvalue weighted by Crippen LogP contribution is 2.35. The zero-order chi connectivity index (χ0) is 18.5. The molecule has 1 aromatic heterocycles. The van der Waals surface area contributed by atoms with Crippen LogP contribution in [0.4, 0.5) is 5.69 Å². The Hall–Kier alpha value is -2.35. The van der Waals surface area contributed by atoms with Crippen molar-refractivity contribution in [3.63, 3.8) is 0 Å². The summed E-state index contributed by atoms with van der Waals surface area (Å²) in [6, 6.07) is 10.8. The second-order valence-electron chi connectivity index (χ2n) is 5.87. The van der Waals surface area contributed by atoms with Crippen molar-refractivity contribution in [2.75, 3.05) is 27.4 Å². The Morgan fingerprint density at radius 1 is 1.00 bits per heavy atom. The fourth-order valence-corrected chi connectivity index (χ4v) is 3.94. The Kier molecular flexibility index (Phi) is 5.92. The van der Waals surface area contributed by atoms with Crippen LogP contribution in [-0.2, 0) is 22.3 Å². The van der Waals surface area contributed by atoms with Gasteiger partial charge in [0, 0.05) is 31.9 Å². The van der Waals surface area contributed by atoms with Gasteiger partial charge in [0.25, 0.3) is 5.69 Å². The van der Waals surface area contributed by atoms with Gasteiger partial charge in [-0.05, 0) is 36.1 Å². The van der Waals surface area contributed by atoms with Gasteiger partial charge in [-0.2, -0.15) is 0 Å². The monoisotopic (exact) mass is 372 g/mol. The Morgan fingerprint density at radius 3 is 2.23 bits per heavy atom. The minimum atomic E-state index is -0.395. The molecule has 3 aromatic rings. The quantitative estimate of drug-likeness (QED) is 0.436. The van der Waals surface area contributed by atoms with Crippen LogP contribution in [0.1, 0.15) is 11.1 Å². The van der Waals surface area contributed by atoms with Crippen LogP contribution in [-0.4, -0.2) is 37.3 Å². The summed E-state index contributed by atoms with van der Waals surface area (Å²) in [5, 5.41) is 11.7. The maximum Gasteiger partial charge on any atom is 0.269 e. The maximum absolute atomic E-state index is 10.8. The summed E-state index contributed by atoms with van der Waals surface area (Å²) in [4.78, 5) is 15.3. The number of thiazole rings is 1. The standard InChI is InChI=1S/C19H20N2O4S/c1-24-11-9-13-3-4-14(10-12-25-2)18-17(13)20-19(26-18)15-5-7-16(8-6-15)21(22)23/h3-8H,9-12H2,1-2H3. The third-order valence-electron chi connectivity index (χ3n) is 4.18. The first-order valence-corrected chi connectivity index (χ1v) is 9.09. The fourth-order valence-electron chi connectivity index (χ4n) is 2.78. The Balaban J connectivity index is 2.04. The number of hydrogen-bond donors (Lipinski definition) is 0. The van der Waals surface area contributed by atoms with Crippen LogP contribution in [0.25, 0.3) is 20.8 Å². The van der Waals surface area contributed by atoms with Crippen LogP contribution in [0.5, 0.6) is 0 Å². The first-order valence-electron chi connectivity index (χ1n) is 8.28. The van der Waals surface area contributed by atoms with Crippen molar-refractivity contribution in [3.05, 3.63) is 57.6 Å². The fraction of sp³-hybridized carbons (Fsp3) is 0.316. The molecule has 0 aliphatic heterocycles. The lowest BCUT2D eigenvalue weighted by molar-refractivity contribution is -0.384. The van der Waals surface area contributed by atoms with Crippen molar-refractivity contribution in [1.82, 2.24) is 4.98 Å². The van der Waals surface area contributed by atoms with Gasteiger partial charge in [0.05, 0.1) is 28.4 Å². The van der Waals surface area contributed by atoms with E-state index in [1.807, 2.05) is 0 Å². The molecule has 6 nitrogen and oxygen atoms in total. The predicted octanol–water partition coefficient (Wildman–Crippen LogP) is 4.25. The molecule has 136 valence electrons. The lowest BCUT2D eigenvalue weighted by atomic mass is 10.1. The van der Waals surface area contributed by atoms with E-state index in [2.05, 4.69) is 12.1 Å². The molecule has 1 heterocycles. The van der Waals surface area contributed by atoms with E-state index >= 15 is 0 Å². The van der Waals surface area contributed by atoms with Gasteiger partial charge in [0.15, 0.2) is 0 Å². The molecule has 0 amide bonds. The number of non-ortho nitro benzene ring substituents is 1. The van der Waals surface area contributed by atoms with Gasteiger partial charge in [-0.25, -0.2) is 4.98 Å². The second kappa shape index (κ2) is 8.35. The largest absolute Gasteiger partial charge is 0.384 e. The van der Waals surface area contributed by atoms with E-state index in [-0.39, 0.29) is 5.69 Å². The van der Waals surface area contributed by atoms with Gasteiger partial charge in [-0.3, -0.25) is 10.1 Å². The molecule has 0 atom stereocenters. The van der Waals surface area contributed by atoms with Gasteiger partial charge in [-0.1, -0.05) is 12.1 Å². The second-order valence-corrected chi connectivity index (χ2v) is 6.87. The minimum Gasteiger partial charge on any atom is -0.384 e. The van der Waals surface area contributed by atoms with E-state index in [0.717, 1.165) is 39.2 Å². The topological polar surface area (TPSA) is 74.5 Å². The Morgan fingerprint density at radius 2 is 1.62 bits per heavy atom. The number of hydrogen-bond acceptors (Lipinski definition) is 6. The summed E-state index contributed by atoms with van der Waals surface area (Å²) in [5.41, 5.74) is 4.29. The van der Waals surface area contributed by atoms with E-state index < -0.39 is 4.92 Å². The highest BCUT2D eigenvalue weighted by atomic mass is 32.1. The number of nitrogens with zero attached hydrogens (tertiary/aromatic N) is 2. The summed E-state index contributed by atoms with van der Waals surface area (Å²) in [6.45, 7) is 1.29. The summed E-state index contributed by atoms with van der Waals surface area (Å²) in [7, 11) is 3.38. The number of aromatic nitrogens is 1. The molecule has 0 radical (unpaired) electrons. The molecule has 0 N–H and O–H groups in total. The highest BCUT2D eigenvalue weighted by molar-refractivity contribution is 7.21. The molecule has 0 unspecified atom stereocenters. The van der Waals surface area contributed by atoms with Crippen molar-refractivity contribution >= 4 is 27.2 Å². The Labute approximate surface area is 155 Å². The number of methoxy groups -OCH3 is 2. The summed E-state index contributed by atoms with van der Waals surface area (Å²) in [5.74, 6) is 0. The van der Waals surface area contributed by atoms with Crippen LogP contribution in [0.2, 0.25) is 0 Å². The third-order valence-corrected chi connectivity index (χ3v) is 5.36. The molecular weight excluding hydrogens is 352 g/mol. The maximum atomic E-state index is 10.8. The van der Waals surface area contributed by atoms with Crippen molar-refractivity contribution < 1.29 is 14.4 Å². The van der Waals surface area contributed by atoms with Crippen molar-refractivity contribution in [3.8, 4) is 10.6 Å². The van der Waals surface area contributed by atoms with Crippen LogP contribution in [0.15, 0.2) is 36.4 Å². The Bertz CT molecular complexity index is 861. The van der Waals surface area contributed by atoms with E-state index in [4.69, 9.17) is 14.5 Å². The predicted molar refractivity (Wildman–Crippen MR) is 103 cm³/mol. The number of ether oxygens (including phenoxy) is 2. The van der Waals surface area contributed by atoms with E-state index in [1.165, 1.54) is 17.7 Å². The average molecular weight is 372 g/mol. The average Bonchev–Trinajstić information content (AvgIpc) is 3.11. The van der Waals surface area contributed by atoms with Crippen LogP contribution in [0, 0.1) is 10.1 Å². The molecule has 0 fully saturated rings. The smallest absolute Gasteiger partial charge is 0.269 e. The van der Waals surface area contributed by atoms with Crippen LogP contribution < -0.4 is 0 Å². The summed E-state index contributed by atoms with van der Waals surface area (Å²) in [6.07, 6.45) is 1.61. The molecule has 0 bridgehead atoms. The molecule has 0 aliphatic carbocycles. The van der Waals surface area contributed by atoms with Gasteiger partial charge < -0.3 is 9.47 Å². The number of nitro groups is 1. The van der Waals surface area contributed by atoms with Crippen molar-refractivity contribution in [2.45, 2.75) is 12.8 Å². The molecule has 0 aliphatic rings. The van der Waals surface area contributed by atoms with Crippen LogP contribution >= 0.6 is 11.3 Å². The molecule has 2 aromatic carbocycles. The molecule has 0 saturated carbocycles. The van der Waals surface area contributed by atoms with E-state index in [0.29, 0.717) is 13.2 Å². The van der Waals surface area contributed by atoms with E-state index in [9.17, 15) is 10.1 Å². The van der Waals surface area contributed by atoms with Gasteiger partial charge in [0.1, 0.15) is 5.01 Å². The normalized spacial score (nSPS) is 11.2. The lowest BCUT2D eigenvalue weighted by Gasteiger charge is -2.06. The molecule has 0 saturated heterocycles. The number of nitro benzene ring substituents is 1. The summed E-state index contributed by atoms with van der Waals surface area (Å²) >= 11 is 1.61. The third kappa shape index (κ3) is 3.90. The molecular formula is C19H20N2O4S. The highest BCUT2D eigenvalue weighted by Gasteiger charge is 2.14. The molecule has 7 heteroatoms. The zero-order valence-corrected chi connectivity index (χ0v) is 15.5. The number of benzene rings is 2. The SMILES string of the molecule is COCCc1ccc(CCOC)c2sc(-c3ccc([N+](=O)[O-])cc3)nc12. The van der Waals surface area contributed by atoms with Gasteiger partial charge >= 0.3 is 0 Å². The first kappa shape index (κ1) is 18.4. The van der Waals surface area contributed by atoms with E-state index in [1.54, 1.807) is 37.7 Å². The minimum absolute atomic E-state index is 0.0800. The molecule has 3 rings (SSSR count). The van der Waals surface area contributed by atoms with Gasteiger partial charge in [-0.15, -0.1) is 11.3 Å².